The molecule has 15 heavy (non-hydrogen) atoms. The van der Waals surface area contributed by atoms with E-state index in [-0.39, 0.29) is 0 Å². The Labute approximate surface area is 92.2 Å². The highest BCUT2D eigenvalue weighted by Crippen LogP contribution is 2.17. The maximum absolute atomic E-state index is 4.38. The first-order chi connectivity index (χ1) is 7.16. The summed E-state index contributed by atoms with van der Waals surface area (Å²) in [6, 6.07) is 6.52. The standard InChI is InChI=1S/C12H13N.C2H6/c1-8-4-11-5-9(2)10(3)6-12(11)13-7-8;1-2/h4-7H,1-3H3;1-2H3. The summed E-state index contributed by atoms with van der Waals surface area (Å²) in [6.07, 6.45) is 1.91. The van der Waals surface area contributed by atoms with Gasteiger partial charge in [-0.25, -0.2) is 0 Å². The molecule has 0 aliphatic carbocycles. The smallest absolute Gasteiger partial charge is 0.0704 e. The number of nitrogens with zero attached hydrogens (tertiary/aromatic N) is 1. The van der Waals surface area contributed by atoms with Gasteiger partial charge in [0.2, 0.25) is 0 Å². The fourth-order valence-corrected chi connectivity index (χ4v) is 1.50. The Morgan fingerprint density at radius 2 is 1.47 bits per heavy atom. The monoisotopic (exact) mass is 201 g/mol. The van der Waals surface area contributed by atoms with Crippen LogP contribution in [0.2, 0.25) is 0 Å². The van der Waals surface area contributed by atoms with E-state index in [0.717, 1.165) is 5.52 Å². The average molecular weight is 201 g/mol. The number of fused-ring (bicyclic) bond motifs is 1. The van der Waals surface area contributed by atoms with Gasteiger partial charge in [-0.05, 0) is 55.7 Å². The molecule has 0 saturated heterocycles. The summed E-state index contributed by atoms with van der Waals surface area (Å²) < 4.78 is 0. The highest BCUT2D eigenvalue weighted by Gasteiger charge is 1.98. The third-order valence-electron chi connectivity index (χ3n) is 2.43. The highest BCUT2D eigenvalue weighted by molar-refractivity contribution is 5.80. The lowest BCUT2D eigenvalue weighted by Crippen LogP contribution is -1.85. The van der Waals surface area contributed by atoms with Gasteiger partial charge < -0.3 is 0 Å². The minimum Gasteiger partial charge on any atom is -0.256 e. The summed E-state index contributed by atoms with van der Waals surface area (Å²) >= 11 is 0. The van der Waals surface area contributed by atoms with Crippen molar-refractivity contribution in [3.63, 3.8) is 0 Å². The summed E-state index contributed by atoms with van der Waals surface area (Å²) in [7, 11) is 0. The van der Waals surface area contributed by atoms with E-state index in [2.05, 4.69) is 44.0 Å². The number of benzene rings is 1. The third-order valence-corrected chi connectivity index (χ3v) is 2.43. The van der Waals surface area contributed by atoms with Crippen molar-refractivity contribution in [3.8, 4) is 0 Å². The summed E-state index contributed by atoms with van der Waals surface area (Å²) in [5, 5.41) is 1.24. The summed E-state index contributed by atoms with van der Waals surface area (Å²) in [5.74, 6) is 0. The first-order valence-electron chi connectivity index (χ1n) is 5.50. The molecule has 2 aromatic rings. The van der Waals surface area contributed by atoms with E-state index >= 15 is 0 Å². The van der Waals surface area contributed by atoms with Crippen molar-refractivity contribution in [2.45, 2.75) is 34.6 Å². The molecule has 0 bridgehead atoms. The second kappa shape index (κ2) is 4.92. The van der Waals surface area contributed by atoms with Crippen molar-refractivity contribution in [1.82, 2.24) is 4.98 Å². The van der Waals surface area contributed by atoms with E-state index in [1.807, 2.05) is 20.0 Å². The molecule has 0 atom stereocenters. The van der Waals surface area contributed by atoms with Gasteiger partial charge in [0.25, 0.3) is 0 Å². The molecule has 1 nitrogen and oxygen atoms in total. The third kappa shape index (κ3) is 2.56. The van der Waals surface area contributed by atoms with Crippen LogP contribution in [0, 0.1) is 20.8 Å². The zero-order chi connectivity index (χ0) is 11.4. The van der Waals surface area contributed by atoms with Crippen LogP contribution < -0.4 is 0 Å². The molecule has 1 aromatic heterocycles. The first-order valence-corrected chi connectivity index (χ1v) is 5.50. The Balaban J connectivity index is 0.000000531. The zero-order valence-electron chi connectivity index (χ0n) is 10.3. The minimum absolute atomic E-state index is 1.09. The molecule has 1 aromatic carbocycles. The van der Waals surface area contributed by atoms with E-state index in [1.54, 1.807) is 0 Å². The number of rotatable bonds is 0. The van der Waals surface area contributed by atoms with E-state index in [9.17, 15) is 0 Å². The molecule has 0 spiro atoms. The van der Waals surface area contributed by atoms with Gasteiger partial charge in [-0.1, -0.05) is 13.8 Å². The maximum atomic E-state index is 4.38. The normalized spacial score (nSPS) is 9.67. The SMILES string of the molecule is CC.Cc1cnc2cc(C)c(C)cc2c1. The predicted octanol–water partition coefficient (Wildman–Crippen LogP) is 4.19. The number of pyridine rings is 1. The fourth-order valence-electron chi connectivity index (χ4n) is 1.50. The number of aryl methyl sites for hydroxylation is 3. The molecule has 1 heterocycles. The molecule has 80 valence electrons. The quantitative estimate of drug-likeness (QED) is 0.623. The lowest BCUT2D eigenvalue weighted by molar-refractivity contribution is 1.30. The Morgan fingerprint density at radius 1 is 0.867 bits per heavy atom. The number of aromatic nitrogens is 1. The molecule has 0 aliphatic rings. The Kier molecular flexibility index (Phi) is 3.84. The van der Waals surface area contributed by atoms with Crippen LogP contribution in [0.1, 0.15) is 30.5 Å². The van der Waals surface area contributed by atoms with E-state index in [4.69, 9.17) is 0 Å². The van der Waals surface area contributed by atoms with Crippen LogP contribution in [0.3, 0.4) is 0 Å². The highest BCUT2D eigenvalue weighted by atomic mass is 14.6. The molecule has 1 heteroatoms. The van der Waals surface area contributed by atoms with Gasteiger partial charge in [0, 0.05) is 11.6 Å². The van der Waals surface area contributed by atoms with Crippen LogP contribution in [0.25, 0.3) is 10.9 Å². The molecular formula is C14H19N. The van der Waals surface area contributed by atoms with Crippen LogP contribution in [0.15, 0.2) is 24.4 Å². The van der Waals surface area contributed by atoms with E-state index in [1.165, 1.54) is 22.1 Å². The van der Waals surface area contributed by atoms with Crippen LogP contribution in [0.4, 0.5) is 0 Å². The molecule has 0 fully saturated rings. The van der Waals surface area contributed by atoms with Gasteiger partial charge in [0.1, 0.15) is 0 Å². The Hall–Kier alpha value is -1.37. The number of hydrogen-bond acceptors (Lipinski definition) is 1. The summed E-state index contributed by atoms with van der Waals surface area (Å²) in [5.41, 5.74) is 4.95. The van der Waals surface area contributed by atoms with E-state index < -0.39 is 0 Å². The predicted molar refractivity (Wildman–Crippen MR) is 67.3 cm³/mol. The Bertz CT molecular complexity index is 458. The van der Waals surface area contributed by atoms with Gasteiger partial charge in [0.05, 0.1) is 5.52 Å². The minimum atomic E-state index is 1.09. The maximum Gasteiger partial charge on any atom is 0.0704 e. The van der Waals surface area contributed by atoms with Crippen molar-refractivity contribution < 1.29 is 0 Å². The van der Waals surface area contributed by atoms with Gasteiger partial charge in [-0.3, -0.25) is 4.98 Å². The molecule has 0 radical (unpaired) electrons. The largest absolute Gasteiger partial charge is 0.256 e. The molecule has 0 unspecified atom stereocenters. The summed E-state index contributed by atoms with van der Waals surface area (Å²) in [4.78, 5) is 4.38. The first kappa shape index (κ1) is 11.7. The van der Waals surface area contributed by atoms with Gasteiger partial charge in [-0.15, -0.1) is 0 Å². The van der Waals surface area contributed by atoms with E-state index in [0.29, 0.717) is 0 Å². The van der Waals surface area contributed by atoms with Gasteiger partial charge >= 0.3 is 0 Å². The molecule has 0 amide bonds. The van der Waals surface area contributed by atoms with Crippen molar-refractivity contribution in [1.29, 1.82) is 0 Å². The Morgan fingerprint density at radius 3 is 2.13 bits per heavy atom. The van der Waals surface area contributed by atoms with Crippen molar-refractivity contribution in [2.24, 2.45) is 0 Å². The van der Waals surface area contributed by atoms with Crippen LogP contribution in [-0.2, 0) is 0 Å². The summed E-state index contributed by atoms with van der Waals surface area (Å²) in [6.45, 7) is 10.3. The molecule has 0 saturated carbocycles. The van der Waals surface area contributed by atoms with Gasteiger partial charge in [0.15, 0.2) is 0 Å². The number of hydrogen-bond donors (Lipinski definition) is 0. The lowest BCUT2D eigenvalue weighted by atomic mass is 10.1. The van der Waals surface area contributed by atoms with Crippen LogP contribution >= 0.6 is 0 Å². The zero-order valence-corrected chi connectivity index (χ0v) is 10.3. The second-order valence-corrected chi connectivity index (χ2v) is 3.64. The molecular weight excluding hydrogens is 182 g/mol. The van der Waals surface area contributed by atoms with Crippen molar-refractivity contribution >= 4 is 10.9 Å². The van der Waals surface area contributed by atoms with Crippen molar-refractivity contribution in [3.05, 3.63) is 41.1 Å². The van der Waals surface area contributed by atoms with Gasteiger partial charge in [-0.2, -0.15) is 0 Å². The fraction of sp³-hybridized carbons (Fsp3) is 0.357. The topological polar surface area (TPSA) is 12.9 Å². The molecule has 0 N–H and O–H groups in total. The van der Waals surface area contributed by atoms with Crippen LogP contribution in [-0.4, -0.2) is 4.98 Å². The average Bonchev–Trinajstić information content (AvgIpc) is 2.23. The van der Waals surface area contributed by atoms with Crippen molar-refractivity contribution in [2.75, 3.05) is 0 Å². The molecule has 0 aliphatic heterocycles. The lowest BCUT2D eigenvalue weighted by Gasteiger charge is -2.03. The van der Waals surface area contributed by atoms with Crippen LogP contribution in [0.5, 0.6) is 0 Å². The second-order valence-electron chi connectivity index (χ2n) is 3.64. The molecule has 2 rings (SSSR count).